The number of hydrogen-bond acceptors (Lipinski definition) is 3. The highest BCUT2D eigenvalue weighted by Gasteiger charge is 2.12. The molecule has 0 spiro atoms. The van der Waals surface area contributed by atoms with Crippen molar-refractivity contribution in [2.45, 2.75) is 18.2 Å². The number of carbonyl (C=O) groups excluding carboxylic acids is 1. The second-order valence-corrected chi connectivity index (χ2v) is 6.90. The van der Waals surface area contributed by atoms with Gasteiger partial charge in [0.15, 0.2) is 0 Å². The van der Waals surface area contributed by atoms with Gasteiger partial charge in [-0.1, -0.05) is 31.2 Å². The molecule has 2 rings (SSSR count). The molecule has 7 heteroatoms. The quantitative estimate of drug-likeness (QED) is 0.803. The molecule has 5 nitrogen and oxygen atoms in total. The summed E-state index contributed by atoms with van der Waals surface area (Å²) < 4.78 is 39.6. The van der Waals surface area contributed by atoms with Crippen molar-refractivity contribution in [2.75, 3.05) is 13.1 Å². The molecule has 1 amide bonds. The topological polar surface area (TPSA) is 75.3 Å². The van der Waals surface area contributed by atoms with Crippen molar-refractivity contribution < 1.29 is 17.6 Å². The van der Waals surface area contributed by atoms with Crippen molar-refractivity contribution in [3.8, 4) is 0 Å². The van der Waals surface area contributed by atoms with E-state index in [1.165, 1.54) is 30.3 Å². The molecule has 0 unspecified atom stereocenters. The molecule has 0 aliphatic rings. The van der Waals surface area contributed by atoms with Crippen molar-refractivity contribution in [1.82, 2.24) is 10.0 Å². The summed E-state index contributed by atoms with van der Waals surface area (Å²) in [6.07, 6.45) is 0.516. The molecule has 0 aliphatic heterocycles. The minimum atomic E-state index is -3.46. The van der Waals surface area contributed by atoms with Crippen LogP contribution in [0.3, 0.4) is 0 Å². The normalized spacial score (nSPS) is 11.2. The number of halogens is 1. The summed E-state index contributed by atoms with van der Waals surface area (Å²) in [6, 6.07) is 12.2. The minimum Gasteiger partial charge on any atom is -0.352 e. The third kappa shape index (κ3) is 4.62. The molecule has 0 aliphatic carbocycles. The van der Waals surface area contributed by atoms with Crippen LogP contribution >= 0.6 is 0 Å². The van der Waals surface area contributed by atoms with E-state index in [2.05, 4.69) is 10.0 Å². The number of rotatable bonds is 7. The SMILES string of the molecule is CCNS(=O)(=O)c1ccc(CCNC(=O)c2ccccc2F)cc1. The molecule has 2 N–H and O–H groups in total. The van der Waals surface area contributed by atoms with Crippen LogP contribution < -0.4 is 10.0 Å². The fraction of sp³-hybridized carbons (Fsp3) is 0.235. The van der Waals surface area contributed by atoms with E-state index in [-0.39, 0.29) is 10.5 Å². The van der Waals surface area contributed by atoms with E-state index in [4.69, 9.17) is 0 Å². The molecule has 0 bridgehead atoms. The van der Waals surface area contributed by atoms with Gasteiger partial charge in [0.25, 0.3) is 5.91 Å². The zero-order valence-corrected chi connectivity index (χ0v) is 14.1. The Morgan fingerprint density at radius 2 is 1.75 bits per heavy atom. The van der Waals surface area contributed by atoms with Crippen molar-refractivity contribution >= 4 is 15.9 Å². The van der Waals surface area contributed by atoms with Crippen LogP contribution in [0, 0.1) is 5.82 Å². The fourth-order valence-electron chi connectivity index (χ4n) is 2.17. The fourth-order valence-corrected chi connectivity index (χ4v) is 3.21. The van der Waals surface area contributed by atoms with Crippen LogP contribution in [0.2, 0.25) is 0 Å². The Morgan fingerprint density at radius 1 is 1.08 bits per heavy atom. The second kappa shape index (κ2) is 8.03. The van der Waals surface area contributed by atoms with Crippen molar-refractivity contribution in [1.29, 1.82) is 0 Å². The highest BCUT2D eigenvalue weighted by atomic mass is 32.2. The van der Waals surface area contributed by atoms with Gasteiger partial charge in [0.1, 0.15) is 5.82 Å². The Bertz CT molecular complexity index is 805. The molecular weight excluding hydrogens is 331 g/mol. The highest BCUT2D eigenvalue weighted by Crippen LogP contribution is 2.11. The molecule has 24 heavy (non-hydrogen) atoms. The van der Waals surface area contributed by atoms with Crippen molar-refractivity contribution in [3.05, 3.63) is 65.5 Å². The number of benzene rings is 2. The van der Waals surface area contributed by atoms with Gasteiger partial charge >= 0.3 is 0 Å². The van der Waals surface area contributed by atoms with E-state index in [9.17, 15) is 17.6 Å². The average molecular weight is 350 g/mol. The summed E-state index contributed by atoms with van der Waals surface area (Å²) in [4.78, 5) is 12.1. The van der Waals surface area contributed by atoms with Gasteiger partial charge < -0.3 is 5.32 Å². The van der Waals surface area contributed by atoms with Gasteiger partial charge in [0, 0.05) is 13.1 Å². The molecule has 0 radical (unpaired) electrons. The molecule has 0 saturated carbocycles. The van der Waals surface area contributed by atoms with Crippen LogP contribution in [0.5, 0.6) is 0 Å². The van der Waals surface area contributed by atoms with Gasteiger partial charge in [-0.25, -0.2) is 17.5 Å². The first kappa shape index (κ1) is 18.1. The first-order chi connectivity index (χ1) is 11.4. The Morgan fingerprint density at radius 3 is 2.38 bits per heavy atom. The molecule has 0 heterocycles. The average Bonchev–Trinajstić information content (AvgIpc) is 2.55. The Hall–Kier alpha value is -2.25. The van der Waals surface area contributed by atoms with Gasteiger partial charge in [-0.2, -0.15) is 0 Å². The summed E-state index contributed by atoms with van der Waals surface area (Å²) in [5.74, 6) is -1.03. The molecule has 0 fully saturated rings. The predicted molar refractivity (Wildman–Crippen MR) is 89.7 cm³/mol. The molecule has 2 aromatic carbocycles. The smallest absolute Gasteiger partial charge is 0.254 e. The second-order valence-electron chi connectivity index (χ2n) is 5.13. The number of carbonyl (C=O) groups is 1. The lowest BCUT2D eigenvalue weighted by atomic mass is 10.1. The molecule has 128 valence electrons. The number of nitrogens with one attached hydrogen (secondary N) is 2. The van der Waals surface area contributed by atoms with Gasteiger partial charge in [-0.15, -0.1) is 0 Å². The monoisotopic (exact) mass is 350 g/mol. The van der Waals surface area contributed by atoms with E-state index in [0.29, 0.717) is 19.5 Å². The summed E-state index contributed by atoms with van der Waals surface area (Å²) in [5, 5.41) is 2.64. The first-order valence-corrected chi connectivity index (χ1v) is 9.03. The maximum absolute atomic E-state index is 13.5. The largest absolute Gasteiger partial charge is 0.352 e. The zero-order chi connectivity index (χ0) is 17.6. The summed E-state index contributed by atoms with van der Waals surface area (Å²) in [7, 11) is -3.46. The Kier molecular flexibility index (Phi) is 6.05. The predicted octanol–water partition coefficient (Wildman–Crippen LogP) is 2.10. The van der Waals surface area contributed by atoms with E-state index < -0.39 is 21.7 Å². The van der Waals surface area contributed by atoms with Gasteiger partial charge in [0.05, 0.1) is 10.5 Å². The van der Waals surface area contributed by atoms with Crippen LogP contribution in [0.15, 0.2) is 53.4 Å². The van der Waals surface area contributed by atoms with Crippen LogP contribution in [0.1, 0.15) is 22.8 Å². The van der Waals surface area contributed by atoms with Crippen LogP contribution in [-0.2, 0) is 16.4 Å². The summed E-state index contributed by atoms with van der Waals surface area (Å²) in [5.41, 5.74) is 0.879. The molecule has 2 aromatic rings. The lowest BCUT2D eigenvalue weighted by molar-refractivity contribution is 0.0950. The summed E-state index contributed by atoms with van der Waals surface area (Å²) in [6.45, 7) is 2.36. The highest BCUT2D eigenvalue weighted by molar-refractivity contribution is 7.89. The third-order valence-corrected chi connectivity index (χ3v) is 4.95. The van der Waals surface area contributed by atoms with E-state index in [1.807, 2.05) is 0 Å². The Balaban J connectivity index is 1.91. The van der Waals surface area contributed by atoms with Crippen molar-refractivity contribution in [2.24, 2.45) is 0 Å². The maximum atomic E-state index is 13.5. The van der Waals surface area contributed by atoms with Gasteiger partial charge in [-0.3, -0.25) is 4.79 Å². The van der Waals surface area contributed by atoms with Crippen LogP contribution in [0.25, 0.3) is 0 Å². The van der Waals surface area contributed by atoms with E-state index >= 15 is 0 Å². The molecular formula is C17H19FN2O3S. The molecule has 0 aromatic heterocycles. The molecule has 0 saturated heterocycles. The third-order valence-electron chi connectivity index (χ3n) is 3.39. The minimum absolute atomic E-state index is 0.00424. The lowest BCUT2D eigenvalue weighted by Gasteiger charge is -2.08. The van der Waals surface area contributed by atoms with Crippen molar-refractivity contribution in [3.63, 3.8) is 0 Å². The number of hydrogen-bond donors (Lipinski definition) is 2. The summed E-state index contributed by atoms with van der Waals surface area (Å²) >= 11 is 0. The molecule has 0 atom stereocenters. The van der Waals surface area contributed by atoms with Crippen LogP contribution in [0.4, 0.5) is 4.39 Å². The van der Waals surface area contributed by atoms with E-state index in [0.717, 1.165) is 5.56 Å². The number of amides is 1. The Labute approximate surface area is 141 Å². The zero-order valence-electron chi connectivity index (χ0n) is 13.3. The standard InChI is InChI=1S/C17H19FN2O3S/c1-2-20-24(22,23)14-9-7-13(8-10-14)11-12-19-17(21)15-5-3-4-6-16(15)18/h3-10,20H,2,11-12H2,1H3,(H,19,21). The first-order valence-electron chi connectivity index (χ1n) is 7.55. The van der Waals surface area contributed by atoms with Gasteiger partial charge in [-0.05, 0) is 36.2 Å². The van der Waals surface area contributed by atoms with E-state index in [1.54, 1.807) is 25.1 Å². The van der Waals surface area contributed by atoms with Gasteiger partial charge in [0.2, 0.25) is 10.0 Å². The lowest BCUT2D eigenvalue weighted by Crippen LogP contribution is -2.26. The maximum Gasteiger partial charge on any atom is 0.254 e. The number of sulfonamides is 1. The van der Waals surface area contributed by atoms with Crippen LogP contribution in [-0.4, -0.2) is 27.4 Å².